The standard InChI is InChI=1S/C25H25ClN8S/c1-3-18-22(26)21-23(30-18)31-25(32-24(21)33-8-6-15(27)12-33)35-16-4-5-17-19(11-16)29-14(2)10-20(17)34-9-7-28-13-34/h4-5,7,9-11,13,15H,3,6,8,12,27H2,1-2H3,(H,30,31,32). The summed E-state index contributed by atoms with van der Waals surface area (Å²) in [6.45, 7) is 5.70. The average molecular weight is 505 g/mol. The van der Waals surface area contributed by atoms with E-state index in [9.17, 15) is 0 Å². The van der Waals surface area contributed by atoms with Crippen molar-refractivity contribution in [3.8, 4) is 5.69 Å². The maximum Gasteiger partial charge on any atom is 0.196 e. The van der Waals surface area contributed by atoms with Gasteiger partial charge in [-0.25, -0.2) is 15.0 Å². The van der Waals surface area contributed by atoms with E-state index in [0.717, 1.165) is 75.7 Å². The Morgan fingerprint density at radius 1 is 1.23 bits per heavy atom. The monoisotopic (exact) mass is 504 g/mol. The SMILES string of the molecule is CCc1[nH]c2nc(Sc3ccc4c(-n5ccnc5)cc(C)nc4c3)nc(N3CCC(N)C3)c2c1Cl. The van der Waals surface area contributed by atoms with Crippen LogP contribution in [-0.2, 0) is 6.42 Å². The van der Waals surface area contributed by atoms with Crippen molar-refractivity contribution >= 4 is 51.1 Å². The fourth-order valence-corrected chi connectivity index (χ4v) is 5.81. The number of nitrogens with two attached hydrogens (primary N) is 1. The van der Waals surface area contributed by atoms with Crippen molar-refractivity contribution in [1.82, 2.24) is 29.5 Å². The van der Waals surface area contributed by atoms with Crippen LogP contribution in [0.25, 0.3) is 27.6 Å². The van der Waals surface area contributed by atoms with Gasteiger partial charge in [-0.15, -0.1) is 0 Å². The molecule has 1 unspecified atom stereocenters. The molecule has 1 atom stereocenters. The van der Waals surface area contributed by atoms with E-state index in [1.807, 2.05) is 17.7 Å². The number of halogens is 1. The highest BCUT2D eigenvalue weighted by molar-refractivity contribution is 7.99. The van der Waals surface area contributed by atoms with Crippen molar-refractivity contribution < 1.29 is 0 Å². The van der Waals surface area contributed by atoms with E-state index < -0.39 is 0 Å². The van der Waals surface area contributed by atoms with Gasteiger partial charge in [-0.1, -0.05) is 18.5 Å². The molecule has 35 heavy (non-hydrogen) atoms. The number of fused-ring (bicyclic) bond motifs is 2. The van der Waals surface area contributed by atoms with Crippen molar-refractivity contribution in [3.05, 3.63) is 59.4 Å². The Labute approximate surface area is 211 Å². The number of aryl methyl sites for hydroxylation is 2. The first-order chi connectivity index (χ1) is 17.0. The Morgan fingerprint density at radius 2 is 2.11 bits per heavy atom. The van der Waals surface area contributed by atoms with E-state index in [0.29, 0.717) is 10.2 Å². The lowest BCUT2D eigenvalue weighted by atomic mass is 10.1. The number of anilines is 1. The van der Waals surface area contributed by atoms with Gasteiger partial charge in [0.25, 0.3) is 0 Å². The Hall–Kier alpha value is -3.14. The van der Waals surface area contributed by atoms with Crippen molar-refractivity contribution in [2.45, 2.75) is 42.8 Å². The van der Waals surface area contributed by atoms with Crippen LogP contribution < -0.4 is 10.6 Å². The zero-order valence-electron chi connectivity index (χ0n) is 19.5. The molecule has 1 aliphatic heterocycles. The number of hydrogen-bond donors (Lipinski definition) is 2. The highest BCUT2D eigenvalue weighted by Gasteiger charge is 2.26. The first kappa shape index (κ1) is 22.3. The van der Waals surface area contributed by atoms with Gasteiger partial charge in [0.05, 0.1) is 27.9 Å². The molecule has 1 aliphatic rings. The fourth-order valence-electron chi connectivity index (χ4n) is 4.67. The number of hydrogen-bond acceptors (Lipinski definition) is 7. The molecule has 3 N–H and O–H groups in total. The molecular formula is C25H25ClN8S. The summed E-state index contributed by atoms with van der Waals surface area (Å²) < 4.78 is 2.01. The predicted molar refractivity (Wildman–Crippen MR) is 141 cm³/mol. The van der Waals surface area contributed by atoms with E-state index in [-0.39, 0.29) is 6.04 Å². The van der Waals surface area contributed by atoms with Crippen LogP contribution in [0.15, 0.2) is 53.0 Å². The fraction of sp³-hybridized carbons (Fsp3) is 0.280. The van der Waals surface area contributed by atoms with Gasteiger partial charge in [0.1, 0.15) is 11.5 Å². The van der Waals surface area contributed by atoms with Gasteiger partial charge in [-0.2, -0.15) is 0 Å². The lowest BCUT2D eigenvalue weighted by molar-refractivity contribution is 0.751. The minimum absolute atomic E-state index is 0.138. The minimum Gasteiger partial charge on any atom is -0.354 e. The average Bonchev–Trinajstić information content (AvgIpc) is 3.59. The first-order valence-corrected chi connectivity index (χ1v) is 12.9. The Kier molecular flexibility index (Phi) is 5.63. The van der Waals surface area contributed by atoms with Crippen LogP contribution in [0.2, 0.25) is 5.02 Å². The highest BCUT2D eigenvalue weighted by Crippen LogP contribution is 2.38. The topological polar surface area (TPSA) is 102 Å². The van der Waals surface area contributed by atoms with Crippen LogP contribution in [-0.4, -0.2) is 48.6 Å². The van der Waals surface area contributed by atoms with E-state index >= 15 is 0 Å². The molecular weight excluding hydrogens is 480 g/mol. The third-order valence-corrected chi connectivity index (χ3v) is 7.65. The summed E-state index contributed by atoms with van der Waals surface area (Å²) >= 11 is 8.26. The molecule has 0 radical (unpaired) electrons. The van der Waals surface area contributed by atoms with Crippen LogP contribution in [0.5, 0.6) is 0 Å². The summed E-state index contributed by atoms with van der Waals surface area (Å²) in [5.41, 5.74) is 10.9. The molecule has 1 saturated heterocycles. The molecule has 0 bridgehead atoms. The van der Waals surface area contributed by atoms with Crippen LogP contribution >= 0.6 is 23.4 Å². The van der Waals surface area contributed by atoms with E-state index in [4.69, 9.17) is 32.3 Å². The van der Waals surface area contributed by atoms with Gasteiger partial charge in [0.2, 0.25) is 0 Å². The largest absolute Gasteiger partial charge is 0.354 e. The third-order valence-electron chi connectivity index (χ3n) is 6.38. The normalized spacial score (nSPS) is 16.1. The highest BCUT2D eigenvalue weighted by atomic mass is 35.5. The number of nitrogens with zero attached hydrogens (tertiary/aromatic N) is 6. The Bertz CT molecular complexity index is 1540. The van der Waals surface area contributed by atoms with Gasteiger partial charge in [0.15, 0.2) is 5.16 Å². The predicted octanol–water partition coefficient (Wildman–Crippen LogP) is 4.90. The smallest absolute Gasteiger partial charge is 0.196 e. The summed E-state index contributed by atoms with van der Waals surface area (Å²) in [5, 5.41) is 3.30. The molecule has 6 rings (SSSR count). The quantitative estimate of drug-likeness (QED) is 0.328. The van der Waals surface area contributed by atoms with E-state index in [1.54, 1.807) is 12.5 Å². The van der Waals surface area contributed by atoms with Crippen LogP contribution in [0.1, 0.15) is 24.7 Å². The molecule has 178 valence electrons. The summed E-state index contributed by atoms with van der Waals surface area (Å²) in [5.74, 6) is 0.851. The third kappa shape index (κ3) is 4.03. The second kappa shape index (κ2) is 8.82. The van der Waals surface area contributed by atoms with Crippen molar-refractivity contribution in [3.63, 3.8) is 0 Å². The molecule has 0 amide bonds. The van der Waals surface area contributed by atoms with E-state index in [1.165, 1.54) is 11.8 Å². The second-order valence-corrected chi connectivity index (χ2v) is 10.3. The molecule has 1 fully saturated rings. The zero-order valence-corrected chi connectivity index (χ0v) is 21.1. The summed E-state index contributed by atoms with van der Waals surface area (Å²) in [6.07, 6.45) is 7.26. The molecule has 0 aliphatic carbocycles. The molecule has 10 heteroatoms. The number of aromatic amines is 1. The number of imidazole rings is 1. The van der Waals surface area contributed by atoms with Gasteiger partial charge < -0.3 is 20.2 Å². The van der Waals surface area contributed by atoms with Crippen molar-refractivity contribution in [1.29, 1.82) is 0 Å². The summed E-state index contributed by atoms with van der Waals surface area (Å²) in [6, 6.07) is 8.48. The maximum atomic E-state index is 6.74. The zero-order chi connectivity index (χ0) is 24.1. The van der Waals surface area contributed by atoms with E-state index in [2.05, 4.69) is 46.1 Å². The van der Waals surface area contributed by atoms with Gasteiger partial charge in [-0.05, 0) is 55.8 Å². The van der Waals surface area contributed by atoms with Gasteiger partial charge in [-0.3, -0.25) is 4.98 Å². The number of H-pyrrole nitrogens is 1. The number of pyridine rings is 1. The van der Waals surface area contributed by atoms with Gasteiger partial charge in [0, 0.05) is 53.2 Å². The lowest BCUT2D eigenvalue weighted by Crippen LogP contribution is -2.27. The Morgan fingerprint density at radius 3 is 2.86 bits per heavy atom. The number of aromatic nitrogens is 6. The maximum absolute atomic E-state index is 6.74. The molecule has 0 spiro atoms. The molecule has 8 nitrogen and oxygen atoms in total. The summed E-state index contributed by atoms with van der Waals surface area (Å²) in [4.78, 5) is 25.4. The molecule has 0 saturated carbocycles. The molecule has 4 aromatic heterocycles. The lowest BCUT2D eigenvalue weighted by Gasteiger charge is -2.18. The van der Waals surface area contributed by atoms with Crippen LogP contribution in [0.3, 0.4) is 0 Å². The number of benzene rings is 1. The number of rotatable bonds is 5. The van der Waals surface area contributed by atoms with Crippen molar-refractivity contribution in [2.24, 2.45) is 5.73 Å². The summed E-state index contributed by atoms with van der Waals surface area (Å²) in [7, 11) is 0. The minimum atomic E-state index is 0.138. The van der Waals surface area contributed by atoms with Crippen LogP contribution in [0, 0.1) is 6.92 Å². The second-order valence-electron chi connectivity index (χ2n) is 8.85. The first-order valence-electron chi connectivity index (χ1n) is 11.7. The van der Waals surface area contributed by atoms with Crippen LogP contribution in [0.4, 0.5) is 5.82 Å². The molecule has 5 aromatic rings. The molecule has 5 heterocycles. The van der Waals surface area contributed by atoms with Gasteiger partial charge >= 0.3 is 0 Å². The molecule has 1 aromatic carbocycles. The number of nitrogens with one attached hydrogen (secondary N) is 1. The Balaban J connectivity index is 1.42. The van der Waals surface area contributed by atoms with Crippen molar-refractivity contribution in [2.75, 3.05) is 18.0 Å².